The van der Waals surface area contributed by atoms with E-state index in [0.29, 0.717) is 25.9 Å². The van der Waals surface area contributed by atoms with E-state index in [1.807, 2.05) is 0 Å². The van der Waals surface area contributed by atoms with Crippen LogP contribution in [-0.4, -0.2) is 54.4 Å². The molecule has 2 N–H and O–H groups in total. The third-order valence-electron chi connectivity index (χ3n) is 3.62. The molecule has 0 aromatic rings. The normalized spacial score (nSPS) is 27.3. The van der Waals surface area contributed by atoms with Crippen LogP contribution in [0.2, 0.25) is 0 Å². The molecule has 0 aromatic heterocycles. The van der Waals surface area contributed by atoms with Crippen LogP contribution in [0.1, 0.15) is 25.7 Å². The third kappa shape index (κ3) is 4.08. The fourth-order valence-electron chi connectivity index (χ4n) is 2.46. The molecule has 6 nitrogen and oxygen atoms in total. The van der Waals surface area contributed by atoms with Gasteiger partial charge in [-0.2, -0.15) is 29.2 Å². The van der Waals surface area contributed by atoms with Gasteiger partial charge in [-0.05, 0) is 31.4 Å². The third-order valence-corrected chi connectivity index (χ3v) is 6.51. The lowest BCUT2D eigenvalue weighted by Crippen LogP contribution is -2.50. The van der Waals surface area contributed by atoms with Crippen molar-refractivity contribution >= 4 is 27.9 Å². The Morgan fingerprint density at radius 1 is 1.26 bits per heavy atom. The quantitative estimate of drug-likeness (QED) is 0.790. The first-order valence-electron chi connectivity index (χ1n) is 6.57. The van der Waals surface area contributed by atoms with Crippen molar-refractivity contribution in [3.05, 3.63) is 0 Å². The predicted octanol–water partition coefficient (Wildman–Crippen LogP) is 0.513. The Labute approximate surface area is 118 Å². The molecule has 110 valence electrons. The van der Waals surface area contributed by atoms with E-state index >= 15 is 0 Å². The van der Waals surface area contributed by atoms with E-state index in [4.69, 9.17) is 5.11 Å². The Balaban J connectivity index is 1.88. The Bertz CT molecular complexity index is 412. The fraction of sp³-hybridized carbons (Fsp3) is 0.909. The Hall–Kier alpha value is -0.310. The highest BCUT2D eigenvalue weighted by atomic mass is 32.2. The van der Waals surface area contributed by atoms with E-state index < -0.39 is 22.1 Å². The largest absolute Gasteiger partial charge is 0.481 e. The summed E-state index contributed by atoms with van der Waals surface area (Å²) < 4.78 is 28.5. The molecule has 0 amide bonds. The maximum Gasteiger partial charge on any atom is 0.306 e. The average molecular weight is 308 g/mol. The summed E-state index contributed by atoms with van der Waals surface area (Å²) in [5.41, 5.74) is 0. The summed E-state index contributed by atoms with van der Waals surface area (Å²) in [4.78, 5) is 10.8. The van der Waals surface area contributed by atoms with Gasteiger partial charge in [-0.25, -0.2) is 0 Å². The number of nitrogens with one attached hydrogen (secondary N) is 1. The first kappa shape index (κ1) is 15.1. The van der Waals surface area contributed by atoms with Gasteiger partial charge in [-0.3, -0.25) is 4.79 Å². The highest BCUT2D eigenvalue weighted by Gasteiger charge is 2.32. The van der Waals surface area contributed by atoms with E-state index in [1.54, 1.807) is 11.8 Å². The van der Waals surface area contributed by atoms with Crippen molar-refractivity contribution in [2.24, 2.45) is 5.92 Å². The van der Waals surface area contributed by atoms with Gasteiger partial charge in [0, 0.05) is 24.9 Å². The molecule has 19 heavy (non-hydrogen) atoms. The van der Waals surface area contributed by atoms with E-state index in [9.17, 15) is 13.2 Å². The van der Waals surface area contributed by atoms with Crippen molar-refractivity contribution < 1.29 is 18.3 Å². The van der Waals surface area contributed by atoms with Crippen LogP contribution in [0.5, 0.6) is 0 Å². The summed E-state index contributed by atoms with van der Waals surface area (Å²) in [5, 5.41) is 8.90. The van der Waals surface area contributed by atoms with Crippen molar-refractivity contribution in [1.82, 2.24) is 9.03 Å². The SMILES string of the molecule is O=C(O)C1CCN(S(=O)(=O)NC2CCCSC2)CC1. The highest BCUT2D eigenvalue weighted by Crippen LogP contribution is 2.21. The van der Waals surface area contributed by atoms with Gasteiger partial charge in [0.25, 0.3) is 10.2 Å². The molecule has 1 atom stereocenters. The van der Waals surface area contributed by atoms with Crippen molar-refractivity contribution in [2.45, 2.75) is 31.7 Å². The number of thioether (sulfide) groups is 1. The molecule has 0 aliphatic carbocycles. The highest BCUT2D eigenvalue weighted by molar-refractivity contribution is 7.99. The summed E-state index contributed by atoms with van der Waals surface area (Å²) in [6.07, 6.45) is 2.72. The number of hydrogen-bond donors (Lipinski definition) is 2. The van der Waals surface area contributed by atoms with Gasteiger partial charge in [-0.15, -0.1) is 0 Å². The molecule has 0 spiro atoms. The lowest BCUT2D eigenvalue weighted by Gasteiger charge is -2.31. The molecule has 2 saturated heterocycles. The molecule has 2 aliphatic rings. The van der Waals surface area contributed by atoms with Crippen LogP contribution in [0, 0.1) is 5.92 Å². The molecule has 0 aromatic carbocycles. The zero-order valence-corrected chi connectivity index (χ0v) is 12.4. The van der Waals surface area contributed by atoms with Gasteiger partial charge in [0.1, 0.15) is 0 Å². The van der Waals surface area contributed by atoms with Gasteiger partial charge in [0.2, 0.25) is 0 Å². The summed E-state index contributed by atoms with van der Waals surface area (Å²) in [6, 6.07) is 0.0148. The van der Waals surface area contributed by atoms with Crippen LogP contribution < -0.4 is 4.72 Å². The minimum atomic E-state index is -3.46. The number of carbonyl (C=O) groups is 1. The first-order valence-corrected chi connectivity index (χ1v) is 9.16. The second-order valence-electron chi connectivity index (χ2n) is 5.05. The number of nitrogens with zero attached hydrogens (tertiary/aromatic N) is 1. The van der Waals surface area contributed by atoms with Crippen LogP contribution >= 0.6 is 11.8 Å². The van der Waals surface area contributed by atoms with E-state index in [2.05, 4.69) is 4.72 Å². The molecule has 2 heterocycles. The lowest BCUT2D eigenvalue weighted by molar-refractivity contribution is -0.142. The van der Waals surface area contributed by atoms with Gasteiger partial charge in [-0.1, -0.05) is 0 Å². The predicted molar refractivity (Wildman–Crippen MR) is 74.3 cm³/mol. The van der Waals surface area contributed by atoms with Gasteiger partial charge >= 0.3 is 5.97 Å². The summed E-state index contributed by atoms with van der Waals surface area (Å²) in [5.74, 6) is 0.693. The number of piperidine rings is 1. The molecule has 2 aliphatic heterocycles. The maximum absolute atomic E-state index is 12.2. The summed E-state index contributed by atoms with van der Waals surface area (Å²) in [6.45, 7) is 0.596. The minimum absolute atomic E-state index is 0.0148. The topological polar surface area (TPSA) is 86.7 Å². The second kappa shape index (κ2) is 6.43. The molecule has 8 heteroatoms. The van der Waals surface area contributed by atoms with Crippen molar-refractivity contribution in [3.8, 4) is 0 Å². The molecule has 0 radical (unpaired) electrons. The number of aliphatic carboxylic acids is 1. The number of carboxylic acid groups (broad SMARTS) is 1. The Morgan fingerprint density at radius 2 is 1.95 bits per heavy atom. The van der Waals surface area contributed by atoms with Crippen LogP contribution in [0.4, 0.5) is 0 Å². The van der Waals surface area contributed by atoms with E-state index in [1.165, 1.54) is 4.31 Å². The number of carboxylic acids is 1. The van der Waals surface area contributed by atoms with Crippen molar-refractivity contribution in [1.29, 1.82) is 0 Å². The zero-order valence-electron chi connectivity index (χ0n) is 10.7. The second-order valence-corrected chi connectivity index (χ2v) is 7.90. The molecular weight excluding hydrogens is 288 g/mol. The molecule has 2 rings (SSSR count). The van der Waals surface area contributed by atoms with Gasteiger partial charge < -0.3 is 5.11 Å². The lowest BCUT2D eigenvalue weighted by atomic mass is 9.99. The molecule has 1 unspecified atom stereocenters. The molecule has 0 saturated carbocycles. The van der Waals surface area contributed by atoms with Crippen LogP contribution in [0.3, 0.4) is 0 Å². The van der Waals surface area contributed by atoms with E-state index in [0.717, 1.165) is 24.3 Å². The summed E-state index contributed by atoms with van der Waals surface area (Å²) >= 11 is 1.77. The molecule has 0 bridgehead atoms. The van der Waals surface area contributed by atoms with Crippen molar-refractivity contribution in [3.63, 3.8) is 0 Å². The molecule has 2 fully saturated rings. The average Bonchev–Trinajstić information content (AvgIpc) is 2.39. The fourth-order valence-corrected chi connectivity index (χ4v) is 5.10. The molecular formula is C11H20N2O4S2. The van der Waals surface area contributed by atoms with Gasteiger partial charge in [0.15, 0.2) is 0 Å². The Kier molecular flexibility index (Phi) is 5.10. The van der Waals surface area contributed by atoms with Crippen LogP contribution in [-0.2, 0) is 15.0 Å². The zero-order chi connectivity index (χ0) is 13.9. The Morgan fingerprint density at radius 3 is 2.47 bits per heavy atom. The summed E-state index contributed by atoms with van der Waals surface area (Å²) in [7, 11) is -3.46. The number of hydrogen-bond acceptors (Lipinski definition) is 4. The monoisotopic (exact) mass is 308 g/mol. The number of rotatable bonds is 4. The minimum Gasteiger partial charge on any atom is -0.481 e. The smallest absolute Gasteiger partial charge is 0.306 e. The van der Waals surface area contributed by atoms with E-state index in [-0.39, 0.29) is 6.04 Å². The standard InChI is InChI=1S/C11H20N2O4S2/c14-11(15)9-3-5-13(6-4-9)19(16,17)12-10-2-1-7-18-8-10/h9-10,12H,1-8H2,(H,14,15). The van der Waals surface area contributed by atoms with Crippen LogP contribution in [0.25, 0.3) is 0 Å². The maximum atomic E-state index is 12.2. The van der Waals surface area contributed by atoms with Crippen molar-refractivity contribution in [2.75, 3.05) is 24.6 Å². The first-order chi connectivity index (χ1) is 8.99. The van der Waals surface area contributed by atoms with Gasteiger partial charge in [0.05, 0.1) is 5.92 Å². The van der Waals surface area contributed by atoms with Crippen LogP contribution in [0.15, 0.2) is 0 Å².